The Labute approximate surface area is 174 Å². The summed E-state index contributed by atoms with van der Waals surface area (Å²) in [6, 6.07) is 8.05. The molecule has 2 fully saturated rings. The minimum atomic E-state index is 0. The number of nitrogens with zero attached hydrogens (tertiary/aromatic N) is 2. The van der Waals surface area contributed by atoms with E-state index in [1.54, 1.807) is 0 Å². The van der Waals surface area contributed by atoms with Gasteiger partial charge >= 0.3 is 0 Å². The van der Waals surface area contributed by atoms with Crippen molar-refractivity contribution in [3.05, 3.63) is 34.9 Å². The Hall–Kier alpha value is -0.520. The topological polar surface area (TPSA) is 49.6 Å². The summed E-state index contributed by atoms with van der Waals surface area (Å²) in [5.41, 5.74) is 7.13. The normalized spacial score (nSPS) is 23.7. The Morgan fingerprint density at radius 3 is 2.46 bits per heavy atom. The van der Waals surface area contributed by atoms with Crippen LogP contribution >= 0.6 is 36.4 Å². The van der Waals surface area contributed by atoms with Crippen LogP contribution in [0, 0.1) is 11.8 Å². The highest BCUT2D eigenvalue weighted by molar-refractivity contribution is 6.30. The fourth-order valence-electron chi connectivity index (χ4n) is 4.08. The highest BCUT2D eigenvalue weighted by atomic mass is 35.5. The van der Waals surface area contributed by atoms with Gasteiger partial charge in [-0.25, -0.2) is 0 Å². The summed E-state index contributed by atoms with van der Waals surface area (Å²) >= 11 is 5.95. The van der Waals surface area contributed by atoms with Crippen molar-refractivity contribution in [1.29, 1.82) is 0 Å². The summed E-state index contributed by atoms with van der Waals surface area (Å²) in [6.07, 6.45) is 4.32. The van der Waals surface area contributed by atoms with Crippen LogP contribution in [0.4, 0.5) is 0 Å². The number of hydrogen-bond donors (Lipinski definition) is 1. The highest BCUT2D eigenvalue weighted by Crippen LogP contribution is 2.32. The molecule has 1 amide bonds. The van der Waals surface area contributed by atoms with E-state index in [0.717, 1.165) is 63.4 Å². The van der Waals surface area contributed by atoms with E-state index in [0.29, 0.717) is 18.4 Å². The predicted molar refractivity (Wildman–Crippen MR) is 112 cm³/mol. The molecule has 2 aliphatic rings. The van der Waals surface area contributed by atoms with Gasteiger partial charge in [-0.1, -0.05) is 30.2 Å². The van der Waals surface area contributed by atoms with Gasteiger partial charge in [-0.15, -0.1) is 24.8 Å². The molecule has 1 aromatic rings. The Balaban J connectivity index is 0.00000169. The number of carbonyl (C=O) groups is 1. The SMILES string of the molecule is Cl.Cl.NC[C@H]1CCC[C@H]1C(=O)N1CCCN(Cc2ccc(Cl)cc2)CC1. The lowest BCUT2D eigenvalue weighted by Crippen LogP contribution is -2.41. The Morgan fingerprint density at radius 1 is 1.04 bits per heavy atom. The smallest absolute Gasteiger partial charge is 0.226 e. The molecule has 148 valence electrons. The molecular formula is C19H30Cl3N3O. The van der Waals surface area contributed by atoms with Crippen LogP contribution < -0.4 is 5.73 Å². The lowest BCUT2D eigenvalue weighted by atomic mass is 9.94. The van der Waals surface area contributed by atoms with Crippen molar-refractivity contribution in [2.45, 2.75) is 32.2 Å². The van der Waals surface area contributed by atoms with Gasteiger partial charge < -0.3 is 10.6 Å². The second-order valence-electron chi connectivity index (χ2n) is 7.11. The third kappa shape index (κ3) is 6.00. The quantitative estimate of drug-likeness (QED) is 0.806. The highest BCUT2D eigenvalue weighted by Gasteiger charge is 2.35. The second kappa shape index (κ2) is 11.4. The van der Waals surface area contributed by atoms with Crippen LogP contribution in [0.3, 0.4) is 0 Å². The zero-order chi connectivity index (χ0) is 16.9. The Morgan fingerprint density at radius 2 is 1.77 bits per heavy atom. The van der Waals surface area contributed by atoms with Gasteiger partial charge in [0.2, 0.25) is 5.91 Å². The van der Waals surface area contributed by atoms with Gasteiger partial charge in [0.15, 0.2) is 0 Å². The number of halogens is 3. The van der Waals surface area contributed by atoms with Crippen molar-refractivity contribution in [2.75, 3.05) is 32.7 Å². The lowest BCUT2D eigenvalue weighted by Gasteiger charge is -2.27. The van der Waals surface area contributed by atoms with Crippen LogP contribution in [0.1, 0.15) is 31.2 Å². The molecule has 1 aromatic carbocycles. The lowest BCUT2D eigenvalue weighted by molar-refractivity contribution is -0.136. The van der Waals surface area contributed by atoms with Crippen LogP contribution in [0.2, 0.25) is 5.02 Å². The molecular weight excluding hydrogens is 393 g/mol. The van der Waals surface area contributed by atoms with Gasteiger partial charge in [0, 0.05) is 43.7 Å². The van der Waals surface area contributed by atoms with E-state index in [9.17, 15) is 4.79 Å². The third-order valence-corrected chi connectivity index (χ3v) is 5.75. The minimum Gasteiger partial charge on any atom is -0.341 e. The molecule has 0 aromatic heterocycles. The Kier molecular flexibility index (Phi) is 10.3. The first-order chi connectivity index (χ1) is 11.7. The fourth-order valence-corrected chi connectivity index (χ4v) is 4.20. The maximum absolute atomic E-state index is 12.9. The van der Waals surface area contributed by atoms with Crippen molar-refractivity contribution >= 4 is 42.3 Å². The van der Waals surface area contributed by atoms with E-state index >= 15 is 0 Å². The molecule has 1 heterocycles. The molecule has 2 N–H and O–H groups in total. The standard InChI is InChI=1S/C19H28ClN3O.2ClH/c20-17-7-5-15(6-8-17)14-22-9-2-10-23(12-11-22)19(24)18-4-1-3-16(18)13-21;;/h5-8,16,18H,1-4,9-14,21H2;2*1H/t16-,18-;;/m1../s1. The predicted octanol–water partition coefficient (Wildman–Crippen LogP) is 3.59. The molecule has 26 heavy (non-hydrogen) atoms. The van der Waals surface area contributed by atoms with Gasteiger partial charge in [-0.2, -0.15) is 0 Å². The molecule has 2 atom stereocenters. The molecule has 3 rings (SSSR count). The molecule has 7 heteroatoms. The van der Waals surface area contributed by atoms with E-state index in [-0.39, 0.29) is 30.7 Å². The fraction of sp³-hybridized carbons (Fsp3) is 0.632. The second-order valence-corrected chi connectivity index (χ2v) is 7.55. The number of amides is 1. The van der Waals surface area contributed by atoms with Crippen LogP contribution in [-0.2, 0) is 11.3 Å². The first-order valence-corrected chi connectivity index (χ1v) is 9.51. The van der Waals surface area contributed by atoms with Crippen LogP contribution in [0.5, 0.6) is 0 Å². The first kappa shape index (κ1) is 23.5. The van der Waals surface area contributed by atoms with Gasteiger partial charge in [0.1, 0.15) is 0 Å². The van der Waals surface area contributed by atoms with Gasteiger partial charge in [0.05, 0.1) is 0 Å². The largest absolute Gasteiger partial charge is 0.341 e. The maximum Gasteiger partial charge on any atom is 0.226 e. The summed E-state index contributed by atoms with van der Waals surface area (Å²) in [4.78, 5) is 17.4. The molecule has 4 nitrogen and oxygen atoms in total. The van der Waals surface area contributed by atoms with Crippen LogP contribution in [0.15, 0.2) is 24.3 Å². The summed E-state index contributed by atoms with van der Waals surface area (Å²) in [5, 5.41) is 0.775. The number of rotatable bonds is 4. The molecule has 0 bridgehead atoms. The molecule has 1 aliphatic heterocycles. The average molecular weight is 423 g/mol. The average Bonchev–Trinajstić information content (AvgIpc) is 2.95. The van der Waals surface area contributed by atoms with Gasteiger partial charge in [-0.3, -0.25) is 9.69 Å². The summed E-state index contributed by atoms with van der Waals surface area (Å²) in [7, 11) is 0. The zero-order valence-electron chi connectivity index (χ0n) is 15.1. The van der Waals surface area contributed by atoms with Gasteiger partial charge in [-0.05, 0) is 49.4 Å². The van der Waals surface area contributed by atoms with Crippen molar-refractivity contribution in [2.24, 2.45) is 17.6 Å². The van der Waals surface area contributed by atoms with E-state index in [1.165, 1.54) is 5.56 Å². The monoisotopic (exact) mass is 421 g/mol. The molecule has 1 aliphatic carbocycles. The first-order valence-electron chi connectivity index (χ1n) is 9.13. The van der Waals surface area contributed by atoms with Crippen LogP contribution in [-0.4, -0.2) is 48.4 Å². The van der Waals surface area contributed by atoms with Gasteiger partial charge in [0.25, 0.3) is 0 Å². The summed E-state index contributed by atoms with van der Waals surface area (Å²) < 4.78 is 0. The Bertz CT molecular complexity index is 555. The van der Waals surface area contributed by atoms with E-state index in [4.69, 9.17) is 17.3 Å². The molecule has 1 saturated carbocycles. The zero-order valence-corrected chi connectivity index (χ0v) is 17.5. The summed E-state index contributed by atoms with van der Waals surface area (Å²) in [6.45, 7) is 5.26. The number of hydrogen-bond acceptors (Lipinski definition) is 3. The third-order valence-electron chi connectivity index (χ3n) is 5.50. The van der Waals surface area contributed by atoms with E-state index in [2.05, 4.69) is 21.9 Å². The molecule has 0 spiro atoms. The van der Waals surface area contributed by atoms with Crippen LogP contribution in [0.25, 0.3) is 0 Å². The molecule has 1 saturated heterocycles. The minimum absolute atomic E-state index is 0. The van der Waals surface area contributed by atoms with Crippen molar-refractivity contribution in [1.82, 2.24) is 9.80 Å². The van der Waals surface area contributed by atoms with Crippen molar-refractivity contribution < 1.29 is 4.79 Å². The summed E-state index contributed by atoms with van der Waals surface area (Å²) in [5.74, 6) is 0.903. The molecule has 0 unspecified atom stereocenters. The number of nitrogens with two attached hydrogens (primary N) is 1. The van der Waals surface area contributed by atoms with Crippen molar-refractivity contribution in [3.8, 4) is 0 Å². The molecule has 0 radical (unpaired) electrons. The van der Waals surface area contributed by atoms with E-state index in [1.807, 2.05) is 12.1 Å². The maximum atomic E-state index is 12.9. The van der Waals surface area contributed by atoms with E-state index < -0.39 is 0 Å². The number of benzene rings is 1. The van der Waals surface area contributed by atoms with Crippen molar-refractivity contribution in [3.63, 3.8) is 0 Å². The number of carbonyl (C=O) groups excluding carboxylic acids is 1.